The van der Waals surface area contributed by atoms with E-state index in [0.717, 1.165) is 18.4 Å². The van der Waals surface area contributed by atoms with Gasteiger partial charge in [0, 0.05) is 6.07 Å². The maximum absolute atomic E-state index is 11.9. The zero-order valence-electron chi connectivity index (χ0n) is 10.6. The molecule has 0 amide bonds. The number of carbonyl (C=O) groups excluding carboxylic acids is 1. The molecule has 108 valence electrons. The molecule has 21 heavy (non-hydrogen) atoms. The fourth-order valence-corrected chi connectivity index (χ4v) is 2.43. The maximum Gasteiger partial charge on any atom is 0.318 e. The number of nitrogens with zero attached hydrogens (tertiary/aromatic N) is 2. The topological polar surface area (TPSA) is 103 Å². The lowest BCUT2D eigenvalue weighted by Gasteiger charge is -2.05. The van der Waals surface area contributed by atoms with Crippen LogP contribution in [-0.4, -0.2) is 19.6 Å². The van der Waals surface area contributed by atoms with Gasteiger partial charge in [0.25, 0.3) is 5.69 Å². The SMILES string of the molecule is O=[N+]([O-])c1ccccc1S(=O)(=O)[N-][O+]=Cc1ccccc1. The lowest BCUT2D eigenvalue weighted by Crippen LogP contribution is -2.02. The lowest BCUT2D eigenvalue weighted by atomic mass is 10.2. The van der Waals surface area contributed by atoms with E-state index in [1.807, 2.05) is 0 Å². The molecule has 0 aliphatic carbocycles. The Balaban J connectivity index is 2.24. The summed E-state index contributed by atoms with van der Waals surface area (Å²) in [6.07, 6.45) is 1.13. The number of benzene rings is 2. The van der Waals surface area contributed by atoms with E-state index in [1.165, 1.54) is 12.1 Å². The minimum Gasteiger partial charge on any atom is -0.264 e. The predicted octanol–water partition coefficient (Wildman–Crippen LogP) is 2.62. The molecule has 0 atom stereocenters. The Bertz CT molecular complexity index is 772. The number of aldehydes is 1. The number of nitro groups is 1. The monoisotopic (exact) mass is 306 g/mol. The van der Waals surface area contributed by atoms with E-state index in [-0.39, 0.29) is 0 Å². The Labute approximate surface area is 120 Å². The summed E-state index contributed by atoms with van der Waals surface area (Å²) in [4.78, 5) is 12.6. The van der Waals surface area contributed by atoms with Gasteiger partial charge in [-0.05, 0) is 18.2 Å². The summed E-state index contributed by atoms with van der Waals surface area (Å²) in [6.45, 7) is 0. The van der Waals surface area contributed by atoms with Crippen molar-refractivity contribution in [3.8, 4) is 0 Å². The van der Waals surface area contributed by atoms with Crippen molar-refractivity contribution >= 4 is 22.0 Å². The van der Waals surface area contributed by atoms with Crippen LogP contribution in [0, 0.1) is 10.1 Å². The Morgan fingerprint density at radius 3 is 2.33 bits per heavy atom. The van der Waals surface area contributed by atoms with E-state index in [0.29, 0.717) is 5.56 Å². The van der Waals surface area contributed by atoms with Gasteiger partial charge in [0.15, 0.2) is 10.0 Å². The molecule has 2 aromatic carbocycles. The van der Waals surface area contributed by atoms with Crippen molar-refractivity contribution in [2.45, 2.75) is 4.90 Å². The molecule has 2 rings (SSSR count). The molecule has 8 heteroatoms. The molecule has 0 spiro atoms. The van der Waals surface area contributed by atoms with Crippen LogP contribution in [0.4, 0.5) is 5.69 Å². The molecule has 0 bridgehead atoms. The summed E-state index contributed by atoms with van der Waals surface area (Å²) in [5.41, 5.74) is 0.0589. The van der Waals surface area contributed by atoms with E-state index in [9.17, 15) is 18.5 Å². The van der Waals surface area contributed by atoms with Crippen LogP contribution in [0.1, 0.15) is 10.1 Å². The van der Waals surface area contributed by atoms with Gasteiger partial charge in [0.05, 0.1) is 10.5 Å². The van der Waals surface area contributed by atoms with Crippen LogP contribution in [0.25, 0.3) is 4.89 Å². The number of hydrogen-bond donors (Lipinski definition) is 0. The summed E-state index contributed by atoms with van der Waals surface area (Å²) in [7, 11) is -4.28. The third-order valence-electron chi connectivity index (χ3n) is 2.47. The molecule has 0 aromatic heterocycles. The molecule has 0 saturated heterocycles. The third kappa shape index (κ3) is 3.63. The zero-order valence-corrected chi connectivity index (χ0v) is 11.4. The van der Waals surface area contributed by atoms with Crippen LogP contribution in [0.2, 0.25) is 0 Å². The summed E-state index contributed by atoms with van der Waals surface area (Å²) < 4.78 is 28.5. The van der Waals surface area contributed by atoms with Crippen molar-refractivity contribution in [2.75, 3.05) is 0 Å². The third-order valence-corrected chi connectivity index (χ3v) is 3.65. The van der Waals surface area contributed by atoms with Crippen LogP contribution >= 0.6 is 0 Å². The molecule has 0 radical (unpaired) electrons. The molecular weight excluding hydrogens is 296 g/mol. The van der Waals surface area contributed by atoms with E-state index >= 15 is 0 Å². The molecule has 0 heterocycles. The Morgan fingerprint density at radius 2 is 1.67 bits per heavy atom. The first kappa shape index (κ1) is 14.7. The van der Waals surface area contributed by atoms with E-state index in [2.05, 4.69) is 9.41 Å². The second-order valence-electron chi connectivity index (χ2n) is 3.91. The van der Waals surface area contributed by atoms with Crippen LogP contribution in [0.3, 0.4) is 0 Å². The zero-order chi connectivity index (χ0) is 15.3. The second kappa shape index (κ2) is 6.14. The first-order chi connectivity index (χ1) is 10.0. The molecule has 0 aliphatic rings. The van der Waals surface area contributed by atoms with Crippen LogP contribution in [0.15, 0.2) is 59.5 Å². The van der Waals surface area contributed by atoms with Gasteiger partial charge in [0.2, 0.25) is 0 Å². The minimum absolute atomic E-state index is 0.517. The molecule has 2 aromatic rings. The Morgan fingerprint density at radius 1 is 1.05 bits per heavy atom. The fraction of sp³-hybridized carbons (Fsp3) is 0. The minimum atomic E-state index is -4.28. The highest BCUT2D eigenvalue weighted by atomic mass is 32.2. The smallest absolute Gasteiger partial charge is 0.264 e. The molecule has 0 N–H and O–H groups in total. The number of sulfonamides is 1. The van der Waals surface area contributed by atoms with Crippen molar-refractivity contribution < 1.29 is 17.9 Å². The maximum atomic E-state index is 11.9. The largest absolute Gasteiger partial charge is 0.318 e. The fourth-order valence-electron chi connectivity index (χ4n) is 1.54. The van der Waals surface area contributed by atoms with E-state index in [4.69, 9.17) is 0 Å². The molecule has 7 nitrogen and oxygen atoms in total. The van der Waals surface area contributed by atoms with Crippen LogP contribution in [-0.2, 0) is 10.0 Å². The van der Waals surface area contributed by atoms with Gasteiger partial charge in [0.1, 0.15) is 4.90 Å². The summed E-state index contributed by atoms with van der Waals surface area (Å²) in [6, 6.07) is 13.6. The molecule has 0 saturated carbocycles. The predicted molar refractivity (Wildman–Crippen MR) is 75.5 cm³/mol. The van der Waals surface area contributed by atoms with Crippen molar-refractivity contribution in [3.63, 3.8) is 0 Å². The normalized spacial score (nSPS) is 11.4. The van der Waals surface area contributed by atoms with Gasteiger partial charge in [-0.2, -0.15) is 4.89 Å². The number of hydrogen-bond acceptors (Lipinski definition) is 4. The Hall–Kier alpha value is -2.74. The second-order valence-corrected chi connectivity index (χ2v) is 5.45. The van der Waals surface area contributed by atoms with Crippen LogP contribution < -0.4 is 0 Å². The van der Waals surface area contributed by atoms with Crippen molar-refractivity contribution in [1.29, 1.82) is 0 Å². The highest BCUT2D eigenvalue weighted by Crippen LogP contribution is 2.26. The van der Waals surface area contributed by atoms with Gasteiger partial charge in [-0.3, -0.25) is 14.6 Å². The molecular formula is C13H10N2O5S. The van der Waals surface area contributed by atoms with Gasteiger partial charge >= 0.3 is 6.29 Å². The van der Waals surface area contributed by atoms with Gasteiger partial charge < -0.3 is 0 Å². The number of rotatable bonds is 5. The molecule has 0 unspecified atom stereocenters. The van der Waals surface area contributed by atoms with Gasteiger partial charge in [-0.15, -0.1) is 0 Å². The van der Waals surface area contributed by atoms with E-state index < -0.39 is 25.5 Å². The summed E-state index contributed by atoms with van der Waals surface area (Å²) in [5, 5.41) is 10.8. The Kier molecular flexibility index (Phi) is 4.29. The van der Waals surface area contributed by atoms with Crippen molar-refractivity contribution in [1.82, 2.24) is 0 Å². The van der Waals surface area contributed by atoms with Gasteiger partial charge in [-0.1, -0.05) is 30.3 Å². The standard InChI is InChI=1S/C13H10N2O5S/c16-15(17)12-8-4-5-9-13(12)21(18,19)14-20-10-11-6-2-1-3-7-11/h1-10H. The van der Waals surface area contributed by atoms with Gasteiger partial charge in [-0.25, -0.2) is 8.42 Å². The van der Waals surface area contributed by atoms with Crippen molar-refractivity contribution in [3.05, 3.63) is 75.2 Å². The highest BCUT2D eigenvalue weighted by Gasteiger charge is 2.21. The average Bonchev–Trinajstić information content (AvgIpc) is 2.48. The number of nitro benzene ring substituents is 1. The lowest BCUT2D eigenvalue weighted by molar-refractivity contribution is -0.387. The number of para-hydroxylation sites is 1. The van der Waals surface area contributed by atoms with Crippen LogP contribution in [0.5, 0.6) is 0 Å². The van der Waals surface area contributed by atoms with E-state index in [1.54, 1.807) is 30.3 Å². The molecule has 0 fully saturated rings. The average molecular weight is 306 g/mol. The summed E-state index contributed by atoms with van der Waals surface area (Å²) in [5.74, 6) is 0. The quantitative estimate of drug-likeness (QED) is 0.366. The molecule has 0 aliphatic heterocycles. The first-order valence-corrected chi connectivity index (χ1v) is 7.19. The summed E-state index contributed by atoms with van der Waals surface area (Å²) >= 11 is 0. The van der Waals surface area contributed by atoms with Crippen molar-refractivity contribution in [2.24, 2.45) is 0 Å². The highest BCUT2D eigenvalue weighted by molar-refractivity contribution is 7.93. The first-order valence-electron chi connectivity index (χ1n) is 5.75.